The second-order valence-corrected chi connectivity index (χ2v) is 6.47. The molecular formula is C20H22KN3O5. The minimum atomic E-state index is -1.42. The maximum atomic E-state index is 12.1. The Balaban J connectivity index is 0.00000420. The Morgan fingerprint density at radius 3 is 2.07 bits per heavy atom. The van der Waals surface area contributed by atoms with Gasteiger partial charge in [0.05, 0.1) is 18.5 Å². The monoisotopic (exact) mass is 423 g/mol. The number of carboxylic acid groups (broad SMARTS) is 1. The van der Waals surface area contributed by atoms with E-state index in [1.165, 1.54) is 18.2 Å². The van der Waals surface area contributed by atoms with E-state index in [9.17, 15) is 24.6 Å². The summed E-state index contributed by atoms with van der Waals surface area (Å²) >= 11 is 0. The van der Waals surface area contributed by atoms with Crippen LogP contribution in [0.3, 0.4) is 0 Å². The van der Waals surface area contributed by atoms with Crippen LogP contribution in [-0.2, 0) is 4.79 Å². The molecule has 29 heavy (non-hydrogen) atoms. The molecule has 0 saturated carbocycles. The number of carbonyl (C=O) groups excluding carboxylic acids is 3. The number of aliphatic hydroxyl groups is 1. The second kappa shape index (κ2) is 12.1. The van der Waals surface area contributed by atoms with Crippen LogP contribution in [0.1, 0.15) is 42.3 Å². The summed E-state index contributed by atoms with van der Waals surface area (Å²) in [5.41, 5.74) is 0.991. The number of rotatable bonds is 7. The Morgan fingerprint density at radius 2 is 1.52 bits per heavy atom. The van der Waals surface area contributed by atoms with E-state index in [-0.39, 0.29) is 81.0 Å². The van der Waals surface area contributed by atoms with Crippen molar-refractivity contribution in [3.8, 4) is 0 Å². The molecule has 0 heterocycles. The van der Waals surface area contributed by atoms with Crippen LogP contribution >= 0.6 is 0 Å². The molecule has 0 saturated heterocycles. The second-order valence-electron chi connectivity index (χ2n) is 6.47. The van der Waals surface area contributed by atoms with Crippen LogP contribution in [0.4, 0.5) is 16.2 Å². The molecular weight excluding hydrogens is 401 g/mol. The number of nitrogens with one attached hydrogen (secondary N) is 3. The van der Waals surface area contributed by atoms with Gasteiger partial charge in [-0.2, -0.15) is 0 Å². The molecule has 0 aliphatic carbocycles. The van der Waals surface area contributed by atoms with E-state index in [2.05, 4.69) is 16.0 Å². The maximum Gasteiger partial charge on any atom is 1.00 e. The molecule has 0 bridgehead atoms. The number of aliphatic hydroxyl groups excluding tert-OH is 1. The van der Waals surface area contributed by atoms with Gasteiger partial charge in [-0.1, -0.05) is 24.3 Å². The molecule has 0 aliphatic rings. The first-order chi connectivity index (χ1) is 13.3. The zero-order valence-electron chi connectivity index (χ0n) is 16.6. The predicted octanol–water partition coefficient (Wildman–Crippen LogP) is -1.35. The Morgan fingerprint density at radius 1 is 0.966 bits per heavy atom. The topological polar surface area (TPSA) is 131 Å². The SMILES string of the molecule is CC(C)NC(=O)Nc1ccc(NC(=O)CC(O)c2ccccc2C(=O)[O-])cc1.[K+]. The number of benzene rings is 2. The fourth-order valence-electron chi connectivity index (χ4n) is 2.54. The predicted molar refractivity (Wildman–Crippen MR) is 103 cm³/mol. The van der Waals surface area contributed by atoms with Crippen molar-refractivity contribution in [1.82, 2.24) is 5.32 Å². The Labute approximate surface area is 211 Å². The minimum absolute atomic E-state index is 0. The van der Waals surface area contributed by atoms with Crippen molar-refractivity contribution in [3.63, 3.8) is 0 Å². The molecule has 1 atom stereocenters. The van der Waals surface area contributed by atoms with Gasteiger partial charge in [0.25, 0.3) is 0 Å². The van der Waals surface area contributed by atoms with E-state index in [1.807, 2.05) is 13.8 Å². The summed E-state index contributed by atoms with van der Waals surface area (Å²) in [7, 11) is 0. The standard InChI is InChI=1S/C20H23N3O5.K/c1-12(2)21-20(28)23-14-9-7-13(8-10-14)22-18(25)11-17(24)15-5-3-4-6-16(15)19(26)27;/h3-10,12,17,24H,11H2,1-2H3,(H,22,25)(H,26,27)(H2,21,23,28);/q;+1/p-1. The number of carbonyl (C=O) groups is 3. The molecule has 2 rings (SSSR count). The van der Waals surface area contributed by atoms with Crippen LogP contribution in [0.25, 0.3) is 0 Å². The summed E-state index contributed by atoms with van der Waals surface area (Å²) in [5.74, 6) is -1.90. The van der Waals surface area contributed by atoms with E-state index in [0.717, 1.165) is 0 Å². The van der Waals surface area contributed by atoms with Crippen LogP contribution in [0, 0.1) is 0 Å². The van der Waals surface area contributed by atoms with Crippen molar-refractivity contribution in [2.75, 3.05) is 10.6 Å². The van der Waals surface area contributed by atoms with Crippen LogP contribution < -0.4 is 72.4 Å². The van der Waals surface area contributed by atoms with Gasteiger partial charge >= 0.3 is 57.4 Å². The third-order valence-corrected chi connectivity index (χ3v) is 3.76. The van der Waals surface area contributed by atoms with Crippen LogP contribution in [0.2, 0.25) is 0 Å². The van der Waals surface area contributed by atoms with Gasteiger partial charge in [0, 0.05) is 23.0 Å². The van der Waals surface area contributed by atoms with Gasteiger partial charge in [0.1, 0.15) is 0 Å². The smallest absolute Gasteiger partial charge is 0.545 e. The summed E-state index contributed by atoms with van der Waals surface area (Å²) in [5, 5.41) is 29.3. The van der Waals surface area contributed by atoms with Crippen molar-refractivity contribution < 1.29 is 76.0 Å². The van der Waals surface area contributed by atoms with E-state index in [1.54, 1.807) is 30.3 Å². The average molecular weight is 424 g/mol. The number of aromatic carboxylic acids is 1. The zero-order chi connectivity index (χ0) is 20.7. The molecule has 9 heteroatoms. The Kier molecular flexibility index (Phi) is 10.5. The molecule has 8 nitrogen and oxygen atoms in total. The molecule has 2 aromatic rings. The third kappa shape index (κ3) is 8.25. The first kappa shape index (κ1) is 25.3. The van der Waals surface area contributed by atoms with Gasteiger partial charge < -0.3 is 31.0 Å². The molecule has 0 fully saturated rings. The molecule has 4 N–H and O–H groups in total. The summed E-state index contributed by atoms with van der Waals surface area (Å²) in [4.78, 5) is 34.9. The number of anilines is 2. The first-order valence-corrected chi connectivity index (χ1v) is 8.72. The van der Waals surface area contributed by atoms with E-state index in [0.29, 0.717) is 11.4 Å². The molecule has 0 aliphatic heterocycles. The van der Waals surface area contributed by atoms with Crippen molar-refractivity contribution in [3.05, 3.63) is 59.7 Å². The number of hydrogen-bond acceptors (Lipinski definition) is 5. The summed E-state index contributed by atoms with van der Waals surface area (Å²) in [6.45, 7) is 3.69. The van der Waals surface area contributed by atoms with E-state index >= 15 is 0 Å². The van der Waals surface area contributed by atoms with Crippen molar-refractivity contribution in [1.29, 1.82) is 0 Å². The number of urea groups is 1. The van der Waals surface area contributed by atoms with Gasteiger partial charge in [0.2, 0.25) is 5.91 Å². The molecule has 148 valence electrons. The molecule has 1 unspecified atom stereocenters. The average Bonchev–Trinajstić information content (AvgIpc) is 2.62. The van der Waals surface area contributed by atoms with Gasteiger partial charge in [-0.25, -0.2) is 4.79 Å². The van der Waals surface area contributed by atoms with Gasteiger partial charge in [-0.05, 0) is 43.7 Å². The maximum absolute atomic E-state index is 12.1. The Hall–Kier alpha value is -1.75. The number of amides is 3. The quantitative estimate of drug-likeness (QED) is 0.409. The molecule has 3 amide bonds. The van der Waals surface area contributed by atoms with E-state index < -0.39 is 18.0 Å². The molecule has 0 radical (unpaired) electrons. The largest absolute Gasteiger partial charge is 1.00 e. The zero-order valence-corrected chi connectivity index (χ0v) is 19.7. The van der Waals surface area contributed by atoms with Gasteiger partial charge in [0.15, 0.2) is 0 Å². The normalized spacial score (nSPS) is 11.2. The third-order valence-electron chi connectivity index (χ3n) is 3.76. The summed E-state index contributed by atoms with van der Waals surface area (Å²) < 4.78 is 0. The van der Waals surface area contributed by atoms with Gasteiger partial charge in [-0.15, -0.1) is 0 Å². The van der Waals surface area contributed by atoms with Crippen molar-refractivity contribution >= 4 is 29.3 Å². The summed E-state index contributed by atoms with van der Waals surface area (Å²) in [6.07, 6.45) is -1.60. The van der Waals surface area contributed by atoms with Crippen LogP contribution in [0.15, 0.2) is 48.5 Å². The van der Waals surface area contributed by atoms with Crippen LogP contribution in [0.5, 0.6) is 0 Å². The molecule has 2 aromatic carbocycles. The number of hydrogen-bond donors (Lipinski definition) is 4. The first-order valence-electron chi connectivity index (χ1n) is 8.72. The van der Waals surface area contributed by atoms with E-state index in [4.69, 9.17) is 0 Å². The van der Waals surface area contributed by atoms with Crippen LogP contribution in [-0.4, -0.2) is 29.1 Å². The summed E-state index contributed by atoms with van der Waals surface area (Å²) in [6, 6.07) is 12.0. The Bertz CT molecular complexity index is 855. The van der Waals surface area contributed by atoms with Crippen molar-refractivity contribution in [2.24, 2.45) is 0 Å². The minimum Gasteiger partial charge on any atom is -0.545 e. The molecule has 0 aromatic heterocycles. The van der Waals surface area contributed by atoms with Gasteiger partial charge in [-0.3, -0.25) is 4.79 Å². The fourth-order valence-corrected chi connectivity index (χ4v) is 2.54. The number of carboxylic acids is 1. The van der Waals surface area contributed by atoms with Crippen molar-refractivity contribution in [2.45, 2.75) is 32.4 Å². The molecule has 0 spiro atoms. The fraction of sp³-hybridized carbons (Fsp3) is 0.250.